The van der Waals surface area contributed by atoms with E-state index in [1.54, 1.807) is 82.8 Å². The number of hydrogen-bond acceptors (Lipinski definition) is 9. The van der Waals surface area contributed by atoms with Gasteiger partial charge in [0.15, 0.2) is 5.65 Å². The Morgan fingerprint density at radius 3 is 2.45 bits per heavy atom. The molecule has 4 rings (SSSR count). The number of ether oxygens (including phenoxy) is 4. The lowest BCUT2D eigenvalue weighted by Gasteiger charge is -2.38. The zero-order chi connectivity index (χ0) is 27.7. The highest BCUT2D eigenvalue weighted by Crippen LogP contribution is 2.35. The number of carbonyl (C=O) groups is 2. The molecule has 0 unspecified atom stereocenters. The van der Waals surface area contributed by atoms with Crippen molar-refractivity contribution in [2.45, 2.75) is 71.7 Å². The van der Waals surface area contributed by atoms with Crippen LogP contribution in [0.4, 0.5) is 15.4 Å². The van der Waals surface area contributed by atoms with Crippen molar-refractivity contribution in [3.8, 4) is 11.6 Å². The number of anilines is 1. The number of fused-ring (bicyclic) bond motifs is 1. The van der Waals surface area contributed by atoms with E-state index in [-0.39, 0.29) is 17.9 Å². The Hall–Kier alpha value is -3.41. The summed E-state index contributed by atoms with van der Waals surface area (Å²) in [5.74, 6) is 1.23. The Labute approximate surface area is 229 Å². The molecule has 0 saturated heterocycles. The van der Waals surface area contributed by atoms with Gasteiger partial charge in [0.05, 0.1) is 16.9 Å². The number of hydrogen-bond donors (Lipinski definition) is 0. The minimum atomic E-state index is -0.719. The van der Waals surface area contributed by atoms with Crippen molar-refractivity contribution in [1.82, 2.24) is 19.6 Å². The average molecular weight is 590 g/mol. The largest absolute Gasteiger partial charge is 0.509 e. The molecule has 12 heteroatoms. The molecule has 0 aromatic carbocycles. The summed E-state index contributed by atoms with van der Waals surface area (Å²) >= 11 is 3.47. The molecule has 1 aliphatic rings. The minimum absolute atomic E-state index is 0.0554. The van der Waals surface area contributed by atoms with Crippen LogP contribution in [0.25, 0.3) is 5.65 Å². The smallest absolute Gasteiger partial charge is 0.443 e. The fraction of sp³-hybridized carbons (Fsp3) is 0.500. The van der Waals surface area contributed by atoms with Crippen molar-refractivity contribution >= 4 is 39.6 Å². The molecule has 1 saturated carbocycles. The van der Waals surface area contributed by atoms with Crippen LogP contribution in [0.5, 0.6) is 11.6 Å². The number of amides is 1. The Balaban J connectivity index is 1.59. The number of halogens is 1. The fourth-order valence-corrected chi connectivity index (χ4v) is 4.19. The quantitative estimate of drug-likeness (QED) is 0.312. The summed E-state index contributed by atoms with van der Waals surface area (Å²) in [5.41, 5.74) is -0.883. The van der Waals surface area contributed by atoms with Gasteiger partial charge in [0.25, 0.3) is 0 Å². The van der Waals surface area contributed by atoms with Crippen molar-refractivity contribution in [3.05, 3.63) is 41.3 Å². The van der Waals surface area contributed by atoms with Crippen LogP contribution >= 0.6 is 15.9 Å². The summed E-state index contributed by atoms with van der Waals surface area (Å²) in [4.78, 5) is 35.6. The second-order valence-corrected chi connectivity index (χ2v) is 12.0. The molecule has 11 nitrogen and oxygen atoms in total. The lowest BCUT2D eigenvalue weighted by Crippen LogP contribution is -2.45. The number of rotatable bonds is 6. The van der Waals surface area contributed by atoms with Crippen LogP contribution in [0.15, 0.2) is 41.3 Å². The first-order valence-corrected chi connectivity index (χ1v) is 13.1. The van der Waals surface area contributed by atoms with Gasteiger partial charge in [-0.1, -0.05) is 0 Å². The van der Waals surface area contributed by atoms with E-state index in [9.17, 15) is 9.59 Å². The van der Waals surface area contributed by atoms with E-state index in [2.05, 4.69) is 31.0 Å². The topological polar surface area (TPSA) is 117 Å². The van der Waals surface area contributed by atoms with Crippen LogP contribution < -0.4 is 9.64 Å². The van der Waals surface area contributed by atoms with Gasteiger partial charge in [0.1, 0.15) is 28.9 Å². The minimum Gasteiger partial charge on any atom is -0.443 e. The van der Waals surface area contributed by atoms with E-state index in [0.717, 1.165) is 0 Å². The Morgan fingerprint density at radius 2 is 1.82 bits per heavy atom. The van der Waals surface area contributed by atoms with E-state index in [0.29, 0.717) is 41.1 Å². The molecule has 38 heavy (non-hydrogen) atoms. The third-order valence-electron chi connectivity index (χ3n) is 5.42. The van der Waals surface area contributed by atoms with Crippen LogP contribution in [-0.4, -0.2) is 55.7 Å². The van der Waals surface area contributed by atoms with Gasteiger partial charge in [-0.05, 0) is 88.4 Å². The molecule has 1 fully saturated rings. The maximum absolute atomic E-state index is 13.4. The number of aromatic nitrogens is 4. The molecule has 204 valence electrons. The number of carbonyl (C=O) groups excluding carboxylic acids is 2. The summed E-state index contributed by atoms with van der Waals surface area (Å²) in [5, 5.41) is 4.41. The normalized spacial score (nSPS) is 17.4. The van der Waals surface area contributed by atoms with Crippen LogP contribution in [0, 0.1) is 5.92 Å². The first kappa shape index (κ1) is 27.6. The third kappa shape index (κ3) is 7.12. The van der Waals surface area contributed by atoms with E-state index >= 15 is 0 Å². The standard InChI is InChI=1S/C26H32BrN5O6/c1-25(2,3)37-23(33)31(15-16-10-18(11-16)36-24(34)38-26(4,5)6)21-12-20(35-17-8-7-9-28-13-17)30-22-19(27)14-29-32(21)22/h7-9,12-14,16,18H,10-11,15H2,1-6H3. The molecular weight excluding hydrogens is 558 g/mol. The maximum Gasteiger partial charge on any atom is 0.509 e. The predicted molar refractivity (Wildman–Crippen MR) is 142 cm³/mol. The maximum atomic E-state index is 13.4. The lowest BCUT2D eigenvalue weighted by atomic mass is 9.82. The van der Waals surface area contributed by atoms with Gasteiger partial charge in [0.2, 0.25) is 5.88 Å². The molecule has 3 aromatic rings. The van der Waals surface area contributed by atoms with Crippen molar-refractivity contribution in [2.75, 3.05) is 11.4 Å². The van der Waals surface area contributed by atoms with E-state index in [1.165, 1.54) is 4.90 Å². The molecule has 0 N–H and O–H groups in total. The monoisotopic (exact) mass is 589 g/mol. The fourth-order valence-electron chi connectivity index (χ4n) is 3.84. The molecule has 1 aliphatic carbocycles. The first-order valence-electron chi connectivity index (χ1n) is 12.3. The van der Waals surface area contributed by atoms with Crippen molar-refractivity contribution < 1.29 is 28.5 Å². The van der Waals surface area contributed by atoms with Gasteiger partial charge < -0.3 is 18.9 Å². The summed E-state index contributed by atoms with van der Waals surface area (Å²) in [6.07, 6.45) is 4.45. The Bertz CT molecular complexity index is 1300. The van der Waals surface area contributed by atoms with Crippen LogP contribution in [-0.2, 0) is 14.2 Å². The SMILES string of the molecule is CC(C)(C)OC(=O)OC1CC(CN(C(=O)OC(C)(C)C)c2cc(Oc3cccnc3)nc3c(Br)cnn23)C1. The molecular formula is C26H32BrN5O6. The highest BCUT2D eigenvalue weighted by molar-refractivity contribution is 9.10. The summed E-state index contributed by atoms with van der Waals surface area (Å²) < 4.78 is 24.5. The second kappa shape index (κ2) is 10.8. The highest BCUT2D eigenvalue weighted by atomic mass is 79.9. The van der Waals surface area contributed by atoms with Gasteiger partial charge >= 0.3 is 12.2 Å². The van der Waals surface area contributed by atoms with Crippen LogP contribution in [0.2, 0.25) is 0 Å². The van der Waals surface area contributed by atoms with Crippen molar-refractivity contribution in [2.24, 2.45) is 5.92 Å². The number of pyridine rings is 1. The van der Waals surface area contributed by atoms with Gasteiger partial charge in [-0.3, -0.25) is 9.88 Å². The summed E-state index contributed by atoms with van der Waals surface area (Å²) in [6, 6.07) is 5.15. The molecule has 0 spiro atoms. The molecule has 0 bridgehead atoms. The lowest BCUT2D eigenvalue weighted by molar-refractivity contribution is -0.0560. The average Bonchev–Trinajstić information content (AvgIpc) is 3.14. The van der Waals surface area contributed by atoms with Crippen molar-refractivity contribution in [3.63, 3.8) is 0 Å². The van der Waals surface area contributed by atoms with Crippen LogP contribution in [0.1, 0.15) is 54.4 Å². The van der Waals surface area contributed by atoms with E-state index in [4.69, 9.17) is 18.9 Å². The zero-order valence-corrected chi connectivity index (χ0v) is 23.9. The zero-order valence-electron chi connectivity index (χ0n) is 22.3. The first-order chi connectivity index (χ1) is 17.8. The van der Waals surface area contributed by atoms with Gasteiger partial charge in [-0.15, -0.1) is 0 Å². The van der Waals surface area contributed by atoms with Crippen molar-refractivity contribution in [1.29, 1.82) is 0 Å². The Morgan fingerprint density at radius 1 is 1.11 bits per heavy atom. The molecule has 0 radical (unpaired) electrons. The van der Waals surface area contributed by atoms with Gasteiger partial charge in [0, 0.05) is 18.8 Å². The molecule has 1 amide bonds. The van der Waals surface area contributed by atoms with E-state index < -0.39 is 23.5 Å². The molecule has 0 atom stereocenters. The second-order valence-electron chi connectivity index (χ2n) is 11.1. The molecule has 3 heterocycles. The third-order valence-corrected chi connectivity index (χ3v) is 5.98. The number of nitrogens with zero attached hydrogens (tertiary/aromatic N) is 5. The summed E-state index contributed by atoms with van der Waals surface area (Å²) in [6.45, 7) is 11.1. The van der Waals surface area contributed by atoms with E-state index in [1.807, 2.05) is 0 Å². The van der Waals surface area contributed by atoms with Gasteiger partial charge in [-0.25, -0.2) is 9.59 Å². The highest BCUT2D eigenvalue weighted by Gasteiger charge is 2.38. The van der Waals surface area contributed by atoms with Gasteiger partial charge in [-0.2, -0.15) is 14.6 Å². The molecule has 3 aromatic heterocycles. The van der Waals surface area contributed by atoms with Crippen LogP contribution in [0.3, 0.4) is 0 Å². The summed E-state index contributed by atoms with van der Waals surface area (Å²) in [7, 11) is 0. The molecule has 0 aliphatic heterocycles. The Kier molecular flexibility index (Phi) is 7.82. The predicted octanol–water partition coefficient (Wildman–Crippen LogP) is 6.15.